The molecule has 3 aromatic rings. The van der Waals surface area contributed by atoms with Crippen molar-refractivity contribution in [3.05, 3.63) is 52.9 Å². The highest BCUT2D eigenvalue weighted by Gasteiger charge is 2.22. The predicted molar refractivity (Wildman–Crippen MR) is 122 cm³/mol. The summed E-state index contributed by atoms with van der Waals surface area (Å²) >= 11 is 0. The van der Waals surface area contributed by atoms with Gasteiger partial charge in [0.25, 0.3) is 0 Å². The number of rotatable bonds is 6. The quantitative estimate of drug-likeness (QED) is 0.392. The van der Waals surface area contributed by atoms with Crippen LogP contribution in [0.1, 0.15) is 31.7 Å². The fraction of sp³-hybridized carbons (Fsp3) is 0.409. The average molecular weight is 440 g/mol. The Kier molecular flexibility index (Phi) is 5.98. The van der Waals surface area contributed by atoms with Gasteiger partial charge in [0.15, 0.2) is 11.5 Å². The van der Waals surface area contributed by atoms with E-state index in [1.807, 2.05) is 20.8 Å². The number of hydrogen-bond donors (Lipinski definition) is 3. The maximum Gasteiger partial charge on any atom is 0.223 e. The summed E-state index contributed by atoms with van der Waals surface area (Å²) in [5.74, 6) is 6.71. The molecule has 0 amide bonds. The summed E-state index contributed by atoms with van der Waals surface area (Å²) in [5, 5.41) is 6.30. The summed E-state index contributed by atoms with van der Waals surface area (Å²) in [4.78, 5) is 11.4. The summed E-state index contributed by atoms with van der Waals surface area (Å²) in [6, 6.07) is 6.49. The summed E-state index contributed by atoms with van der Waals surface area (Å²) in [7, 11) is 0. The van der Waals surface area contributed by atoms with Gasteiger partial charge in [-0.05, 0) is 32.9 Å². The smallest absolute Gasteiger partial charge is 0.223 e. The molecule has 0 saturated heterocycles. The Bertz CT molecular complexity index is 1170. The molecule has 170 valence electrons. The van der Waals surface area contributed by atoms with E-state index in [1.54, 1.807) is 21.7 Å². The Morgan fingerprint density at radius 2 is 2.00 bits per heavy atom. The Morgan fingerprint density at radius 1 is 1.22 bits per heavy atom. The number of aromatic nitrogens is 4. The molecule has 10 heteroatoms. The molecule has 9 nitrogen and oxygen atoms in total. The van der Waals surface area contributed by atoms with Crippen molar-refractivity contribution in [1.82, 2.24) is 29.5 Å². The van der Waals surface area contributed by atoms with E-state index in [0.29, 0.717) is 35.7 Å². The van der Waals surface area contributed by atoms with Crippen molar-refractivity contribution >= 4 is 11.6 Å². The van der Waals surface area contributed by atoms with Crippen LogP contribution in [-0.4, -0.2) is 55.2 Å². The molecule has 0 bridgehead atoms. The minimum absolute atomic E-state index is 0.205. The van der Waals surface area contributed by atoms with Crippen molar-refractivity contribution in [2.24, 2.45) is 11.6 Å². The number of hydrazine groups is 1. The van der Waals surface area contributed by atoms with Crippen molar-refractivity contribution in [2.45, 2.75) is 39.7 Å². The zero-order valence-electron chi connectivity index (χ0n) is 18.7. The summed E-state index contributed by atoms with van der Waals surface area (Å²) < 4.78 is 15.2. The SMILES string of the molecule is Cc1c(-c2cccc(F)c2)nc(N)n2nc(CCN3CCC(N(N)C(C)C)=C(N)C3)nc12. The first kappa shape index (κ1) is 22.0. The highest BCUT2D eigenvalue weighted by atomic mass is 19.1. The lowest BCUT2D eigenvalue weighted by Crippen LogP contribution is -2.44. The zero-order valence-corrected chi connectivity index (χ0v) is 18.7. The van der Waals surface area contributed by atoms with Crippen LogP contribution in [0.25, 0.3) is 16.9 Å². The number of nitrogens with two attached hydrogens (primary N) is 3. The molecule has 1 aromatic carbocycles. The Morgan fingerprint density at radius 3 is 2.69 bits per heavy atom. The topological polar surface area (TPSA) is 128 Å². The maximum absolute atomic E-state index is 13.7. The number of nitrogen functional groups attached to an aromatic ring is 1. The standard InChI is InChI=1S/C22H30FN9/c1-13(2)31(26)18-7-9-30(12-17(18)24)10-8-19-27-21-14(3)20(28-22(25)32(21)29-19)15-5-4-6-16(23)11-15/h4-6,11,13H,7-10,12,24,26H2,1-3H3,(H2,25,28). The van der Waals surface area contributed by atoms with E-state index < -0.39 is 0 Å². The van der Waals surface area contributed by atoms with Gasteiger partial charge in [-0.2, -0.15) is 4.52 Å². The number of aryl methyl sites for hydroxylation is 1. The lowest BCUT2D eigenvalue weighted by molar-refractivity contribution is 0.224. The van der Waals surface area contributed by atoms with Gasteiger partial charge in [-0.1, -0.05) is 12.1 Å². The molecule has 0 atom stereocenters. The van der Waals surface area contributed by atoms with Gasteiger partial charge in [-0.3, -0.25) is 4.90 Å². The molecule has 1 aliphatic heterocycles. The van der Waals surface area contributed by atoms with Gasteiger partial charge in [0, 0.05) is 55.3 Å². The fourth-order valence-electron chi connectivity index (χ4n) is 4.02. The third-order valence-electron chi connectivity index (χ3n) is 5.83. The van der Waals surface area contributed by atoms with E-state index in [0.717, 1.165) is 36.5 Å². The van der Waals surface area contributed by atoms with Gasteiger partial charge in [-0.15, -0.1) is 5.10 Å². The second-order valence-corrected chi connectivity index (χ2v) is 8.47. The molecule has 0 aliphatic carbocycles. The molecular weight excluding hydrogens is 409 g/mol. The van der Waals surface area contributed by atoms with Crippen LogP contribution < -0.4 is 17.3 Å². The fourth-order valence-corrected chi connectivity index (χ4v) is 4.02. The van der Waals surface area contributed by atoms with E-state index in [-0.39, 0.29) is 17.8 Å². The van der Waals surface area contributed by atoms with Crippen molar-refractivity contribution in [2.75, 3.05) is 25.4 Å². The zero-order chi connectivity index (χ0) is 23.0. The molecule has 0 fully saturated rings. The number of anilines is 1. The van der Waals surface area contributed by atoms with E-state index in [1.165, 1.54) is 12.1 Å². The van der Waals surface area contributed by atoms with Crippen LogP contribution in [0.15, 0.2) is 35.7 Å². The van der Waals surface area contributed by atoms with Crippen LogP contribution in [0.2, 0.25) is 0 Å². The van der Waals surface area contributed by atoms with Crippen molar-refractivity contribution < 1.29 is 4.39 Å². The van der Waals surface area contributed by atoms with Crippen LogP contribution >= 0.6 is 0 Å². The van der Waals surface area contributed by atoms with Gasteiger partial charge in [0.2, 0.25) is 5.95 Å². The number of halogens is 1. The highest BCUT2D eigenvalue weighted by Crippen LogP contribution is 2.26. The van der Waals surface area contributed by atoms with Crippen LogP contribution in [0.3, 0.4) is 0 Å². The third-order valence-corrected chi connectivity index (χ3v) is 5.83. The van der Waals surface area contributed by atoms with E-state index >= 15 is 0 Å². The van der Waals surface area contributed by atoms with Gasteiger partial charge < -0.3 is 16.5 Å². The average Bonchev–Trinajstić information content (AvgIpc) is 3.20. The highest BCUT2D eigenvalue weighted by molar-refractivity contribution is 5.71. The first-order valence-corrected chi connectivity index (χ1v) is 10.8. The van der Waals surface area contributed by atoms with Gasteiger partial charge in [0.05, 0.1) is 11.4 Å². The number of benzene rings is 1. The number of hydrogen-bond acceptors (Lipinski definition) is 8. The largest absolute Gasteiger partial charge is 0.400 e. The van der Waals surface area contributed by atoms with Crippen LogP contribution in [-0.2, 0) is 6.42 Å². The second kappa shape index (κ2) is 8.71. The Balaban J connectivity index is 1.52. The molecule has 6 N–H and O–H groups in total. The molecule has 4 rings (SSSR count). The van der Waals surface area contributed by atoms with E-state index in [9.17, 15) is 4.39 Å². The summed E-state index contributed by atoms with van der Waals surface area (Å²) in [5.41, 5.74) is 16.9. The third kappa shape index (κ3) is 4.23. The van der Waals surface area contributed by atoms with Crippen LogP contribution in [0.4, 0.5) is 10.3 Å². The second-order valence-electron chi connectivity index (χ2n) is 8.47. The molecule has 32 heavy (non-hydrogen) atoms. The molecule has 3 heterocycles. The first-order chi connectivity index (χ1) is 15.2. The molecule has 0 radical (unpaired) electrons. The monoisotopic (exact) mass is 439 g/mol. The normalized spacial score (nSPS) is 15.2. The van der Waals surface area contributed by atoms with Crippen molar-refractivity contribution in [3.63, 3.8) is 0 Å². The Hall–Kier alpha value is -3.24. The van der Waals surface area contributed by atoms with Gasteiger partial charge >= 0.3 is 0 Å². The minimum atomic E-state index is -0.325. The van der Waals surface area contributed by atoms with Crippen molar-refractivity contribution in [1.29, 1.82) is 0 Å². The molecule has 0 spiro atoms. The predicted octanol–water partition coefficient (Wildman–Crippen LogP) is 1.82. The van der Waals surface area contributed by atoms with Gasteiger partial charge in [-0.25, -0.2) is 20.2 Å². The maximum atomic E-state index is 13.7. The van der Waals surface area contributed by atoms with Gasteiger partial charge in [0.1, 0.15) is 5.82 Å². The van der Waals surface area contributed by atoms with Crippen LogP contribution in [0, 0.1) is 12.7 Å². The number of nitrogens with zero attached hydrogens (tertiary/aromatic N) is 6. The molecule has 0 saturated carbocycles. The van der Waals surface area contributed by atoms with Crippen LogP contribution in [0.5, 0.6) is 0 Å². The molecule has 2 aromatic heterocycles. The van der Waals surface area contributed by atoms with E-state index in [4.69, 9.17) is 22.3 Å². The van der Waals surface area contributed by atoms with Crippen molar-refractivity contribution in [3.8, 4) is 11.3 Å². The lowest BCUT2D eigenvalue weighted by Gasteiger charge is -2.34. The first-order valence-electron chi connectivity index (χ1n) is 10.8. The molecule has 1 aliphatic rings. The summed E-state index contributed by atoms with van der Waals surface area (Å²) in [6.45, 7) is 8.28. The number of fused-ring (bicyclic) bond motifs is 1. The summed E-state index contributed by atoms with van der Waals surface area (Å²) in [6.07, 6.45) is 1.46. The lowest BCUT2D eigenvalue weighted by atomic mass is 10.1. The minimum Gasteiger partial charge on any atom is -0.400 e. The van der Waals surface area contributed by atoms with E-state index in [2.05, 4.69) is 15.0 Å². The Labute approximate surface area is 186 Å². The molecule has 0 unspecified atom stereocenters. The molecular formula is C22H30FN9.